The van der Waals surface area contributed by atoms with Gasteiger partial charge in [0, 0.05) is 26.7 Å². The molecule has 0 amide bonds. The summed E-state index contributed by atoms with van der Waals surface area (Å²) in [6.45, 7) is 2.30. The summed E-state index contributed by atoms with van der Waals surface area (Å²) in [6, 6.07) is 4.71. The van der Waals surface area contributed by atoms with Gasteiger partial charge in [-0.1, -0.05) is 0 Å². The van der Waals surface area contributed by atoms with Crippen molar-refractivity contribution in [1.82, 2.24) is 9.88 Å². The number of pyridine rings is 1. The van der Waals surface area contributed by atoms with Crippen LogP contribution in [0.4, 0.5) is 11.5 Å². The molecule has 2 heterocycles. The molecule has 0 bridgehead atoms. The molecule has 16 heavy (non-hydrogen) atoms. The van der Waals surface area contributed by atoms with Crippen molar-refractivity contribution in [1.29, 1.82) is 0 Å². The van der Waals surface area contributed by atoms with Gasteiger partial charge in [0.15, 0.2) is 0 Å². The average Bonchev–Trinajstić information content (AvgIpc) is 2.65. The number of aromatic nitrogens is 1. The molecule has 1 N–H and O–H groups in total. The summed E-state index contributed by atoms with van der Waals surface area (Å²) in [6.07, 6.45) is 3.12. The monoisotopic (exact) mass is 220 g/mol. The molecule has 4 nitrogen and oxygen atoms in total. The molecule has 1 atom stereocenters. The molecule has 0 spiro atoms. The third-order valence-electron chi connectivity index (χ3n) is 2.97. The fraction of sp³-hybridized carbons (Fsp3) is 0.583. The first-order valence-electron chi connectivity index (χ1n) is 5.73. The normalized spacial score (nSPS) is 21.1. The molecular weight excluding hydrogens is 200 g/mol. The first-order chi connectivity index (χ1) is 7.65. The van der Waals surface area contributed by atoms with Crippen LogP contribution in [0.25, 0.3) is 0 Å². The highest BCUT2D eigenvalue weighted by Crippen LogP contribution is 2.16. The number of rotatable bonds is 3. The van der Waals surface area contributed by atoms with Gasteiger partial charge in [-0.15, -0.1) is 0 Å². The second-order valence-corrected chi connectivity index (χ2v) is 4.69. The zero-order valence-corrected chi connectivity index (χ0v) is 10.3. The molecule has 1 unspecified atom stereocenters. The third-order valence-corrected chi connectivity index (χ3v) is 2.97. The molecule has 0 saturated carbocycles. The largest absolute Gasteiger partial charge is 0.380 e. The van der Waals surface area contributed by atoms with E-state index >= 15 is 0 Å². The first-order valence-corrected chi connectivity index (χ1v) is 5.73. The van der Waals surface area contributed by atoms with Crippen molar-refractivity contribution in [3.63, 3.8) is 0 Å². The lowest BCUT2D eigenvalue weighted by molar-refractivity contribution is 0.414. The van der Waals surface area contributed by atoms with E-state index in [0.29, 0.717) is 6.04 Å². The number of likely N-dealkylation sites (tertiary alicyclic amines) is 1. The van der Waals surface area contributed by atoms with E-state index in [0.717, 1.165) is 18.1 Å². The maximum atomic E-state index is 4.39. The van der Waals surface area contributed by atoms with Crippen molar-refractivity contribution in [2.75, 3.05) is 44.4 Å². The lowest BCUT2D eigenvalue weighted by Crippen LogP contribution is -2.23. The van der Waals surface area contributed by atoms with E-state index in [1.54, 1.807) is 0 Å². The molecule has 1 aliphatic heterocycles. The Morgan fingerprint density at radius 2 is 2.25 bits per heavy atom. The quantitative estimate of drug-likeness (QED) is 0.831. The zero-order chi connectivity index (χ0) is 11.5. The summed E-state index contributed by atoms with van der Waals surface area (Å²) >= 11 is 0. The van der Waals surface area contributed by atoms with E-state index < -0.39 is 0 Å². The predicted octanol–water partition coefficient (Wildman–Crippen LogP) is 1.26. The Morgan fingerprint density at radius 3 is 2.75 bits per heavy atom. The summed E-state index contributed by atoms with van der Waals surface area (Å²) in [5, 5.41) is 3.51. The van der Waals surface area contributed by atoms with Gasteiger partial charge in [0.25, 0.3) is 0 Å². The van der Waals surface area contributed by atoms with E-state index in [-0.39, 0.29) is 0 Å². The molecule has 1 aromatic rings. The van der Waals surface area contributed by atoms with Crippen LogP contribution in [0.3, 0.4) is 0 Å². The van der Waals surface area contributed by atoms with Crippen LogP contribution in [0, 0.1) is 0 Å². The van der Waals surface area contributed by atoms with Gasteiger partial charge in [-0.25, -0.2) is 4.98 Å². The van der Waals surface area contributed by atoms with Gasteiger partial charge in [0.05, 0.1) is 11.9 Å². The molecule has 1 aliphatic rings. The summed E-state index contributed by atoms with van der Waals surface area (Å²) in [5.41, 5.74) is 1.12. The van der Waals surface area contributed by atoms with E-state index in [1.165, 1.54) is 13.0 Å². The van der Waals surface area contributed by atoms with E-state index in [9.17, 15) is 0 Å². The number of anilines is 2. The standard InChI is InChI=1S/C12H20N4/c1-15(2)12-5-4-10(8-13-12)14-11-6-7-16(3)9-11/h4-5,8,11,14H,6-7,9H2,1-3H3. The van der Waals surface area contributed by atoms with Crippen molar-refractivity contribution in [2.24, 2.45) is 0 Å². The van der Waals surface area contributed by atoms with E-state index in [4.69, 9.17) is 0 Å². The van der Waals surface area contributed by atoms with E-state index in [2.05, 4.69) is 28.3 Å². The molecular formula is C12H20N4. The molecule has 1 aromatic heterocycles. The molecule has 4 heteroatoms. The van der Waals surface area contributed by atoms with Gasteiger partial charge in [-0.05, 0) is 32.1 Å². The summed E-state index contributed by atoms with van der Waals surface area (Å²) in [5.74, 6) is 0.995. The molecule has 0 radical (unpaired) electrons. The Kier molecular flexibility index (Phi) is 3.29. The van der Waals surface area contributed by atoms with Gasteiger partial charge in [0.1, 0.15) is 5.82 Å². The van der Waals surface area contributed by atoms with Crippen molar-refractivity contribution < 1.29 is 0 Å². The van der Waals surface area contributed by atoms with E-state index in [1.807, 2.05) is 31.3 Å². The second-order valence-electron chi connectivity index (χ2n) is 4.69. The Labute approximate surface area is 97.3 Å². The Morgan fingerprint density at radius 1 is 1.44 bits per heavy atom. The molecule has 1 fully saturated rings. The van der Waals surface area contributed by atoms with Crippen LogP contribution in [0.5, 0.6) is 0 Å². The number of hydrogen-bond donors (Lipinski definition) is 1. The third kappa shape index (κ3) is 2.64. The van der Waals surface area contributed by atoms with Crippen molar-refractivity contribution in [3.05, 3.63) is 18.3 Å². The zero-order valence-electron chi connectivity index (χ0n) is 10.3. The fourth-order valence-electron chi connectivity index (χ4n) is 2.02. The molecule has 0 aliphatic carbocycles. The highest BCUT2D eigenvalue weighted by molar-refractivity contribution is 5.48. The van der Waals surface area contributed by atoms with Crippen LogP contribution in [-0.4, -0.2) is 50.2 Å². The number of nitrogens with one attached hydrogen (secondary N) is 1. The fourth-order valence-corrected chi connectivity index (χ4v) is 2.02. The highest BCUT2D eigenvalue weighted by Gasteiger charge is 2.18. The molecule has 88 valence electrons. The Hall–Kier alpha value is -1.29. The maximum absolute atomic E-state index is 4.39. The first kappa shape index (κ1) is 11.2. The number of hydrogen-bond acceptors (Lipinski definition) is 4. The topological polar surface area (TPSA) is 31.4 Å². The van der Waals surface area contributed by atoms with Crippen LogP contribution < -0.4 is 10.2 Å². The summed E-state index contributed by atoms with van der Waals surface area (Å²) in [4.78, 5) is 8.74. The number of likely N-dealkylation sites (N-methyl/N-ethyl adjacent to an activating group) is 1. The minimum absolute atomic E-state index is 0.567. The predicted molar refractivity (Wildman–Crippen MR) is 68.1 cm³/mol. The highest BCUT2D eigenvalue weighted by atomic mass is 15.2. The molecule has 0 aromatic carbocycles. The van der Waals surface area contributed by atoms with Crippen LogP contribution in [0.2, 0.25) is 0 Å². The number of nitrogens with zero attached hydrogens (tertiary/aromatic N) is 3. The van der Waals surface area contributed by atoms with Crippen molar-refractivity contribution in [3.8, 4) is 0 Å². The SMILES string of the molecule is CN1CCC(Nc2ccc(N(C)C)nc2)C1. The molecule has 2 rings (SSSR count). The van der Waals surface area contributed by atoms with Gasteiger partial charge >= 0.3 is 0 Å². The van der Waals surface area contributed by atoms with Crippen LogP contribution in [0.15, 0.2) is 18.3 Å². The smallest absolute Gasteiger partial charge is 0.128 e. The summed E-state index contributed by atoms with van der Waals surface area (Å²) in [7, 11) is 6.16. The van der Waals surface area contributed by atoms with Crippen LogP contribution in [-0.2, 0) is 0 Å². The lowest BCUT2D eigenvalue weighted by atomic mass is 10.2. The Balaban J connectivity index is 1.95. The lowest BCUT2D eigenvalue weighted by Gasteiger charge is -2.15. The van der Waals surface area contributed by atoms with Crippen LogP contribution in [0.1, 0.15) is 6.42 Å². The summed E-state index contributed by atoms with van der Waals surface area (Å²) < 4.78 is 0. The van der Waals surface area contributed by atoms with Crippen molar-refractivity contribution >= 4 is 11.5 Å². The van der Waals surface area contributed by atoms with Gasteiger partial charge in [-0.2, -0.15) is 0 Å². The van der Waals surface area contributed by atoms with Gasteiger partial charge < -0.3 is 15.1 Å². The van der Waals surface area contributed by atoms with Gasteiger partial charge in [0.2, 0.25) is 0 Å². The van der Waals surface area contributed by atoms with Crippen molar-refractivity contribution in [2.45, 2.75) is 12.5 Å². The molecule has 1 saturated heterocycles. The minimum Gasteiger partial charge on any atom is -0.380 e. The minimum atomic E-state index is 0.567. The average molecular weight is 220 g/mol. The van der Waals surface area contributed by atoms with Gasteiger partial charge in [-0.3, -0.25) is 0 Å². The maximum Gasteiger partial charge on any atom is 0.128 e. The van der Waals surface area contributed by atoms with Crippen LogP contribution >= 0.6 is 0 Å². The Bertz CT molecular complexity index is 333. The second kappa shape index (κ2) is 4.70.